The summed E-state index contributed by atoms with van der Waals surface area (Å²) in [5.74, 6) is -0.976. The molecular formula is C26H22FN3O. The van der Waals surface area contributed by atoms with Gasteiger partial charge in [-0.1, -0.05) is 66.2 Å². The largest absolute Gasteiger partial charge is 0.299 e. The molecule has 154 valence electrons. The second-order valence-electron chi connectivity index (χ2n) is 7.85. The van der Waals surface area contributed by atoms with Crippen molar-refractivity contribution in [2.75, 3.05) is 18.0 Å². The maximum Gasteiger partial charge on any atom is 0.273 e. The van der Waals surface area contributed by atoms with Crippen molar-refractivity contribution >= 4 is 23.0 Å². The summed E-state index contributed by atoms with van der Waals surface area (Å²) in [5.41, 5.74) is 4.52. The molecule has 0 aliphatic carbocycles. The number of aliphatic imine (C=N–C) groups is 2. The average Bonchev–Trinajstić information content (AvgIpc) is 2.93. The highest BCUT2D eigenvalue weighted by molar-refractivity contribution is 6.51. The van der Waals surface area contributed by atoms with Gasteiger partial charge in [-0.3, -0.25) is 19.7 Å². The molecule has 1 amide bonds. The molecule has 2 aliphatic heterocycles. The lowest BCUT2D eigenvalue weighted by atomic mass is 9.84. The minimum atomic E-state index is -0.562. The van der Waals surface area contributed by atoms with Gasteiger partial charge in [0.25, 0.3) is 5.91 Å². The molecule has 2 heterocycles. The molecule has 2 atom stereocenters. The highest BCUT2D eigenvalue weighted by Crippen LogP contribution is 2.43. The summed E-state index contributed by atoms with van der Waals surface area (Å²) in [4.78, 5) is 24.8. The Balaban J connectivity index is 1.73. The Labute approximate surface area is 180 Å². The predicted octanol–water partition coefficient (Wildman–Crippen LogP) is 4.78. The lowest BCUT2D eigenvalue weighted by Crippen LogP contribution is -2.31. The molecular weight excluding hydrogens is 389 g/mol. The third kappa shape index (κ3) is 3.36. The number of aryl methyl sites for hydroxylation is 1. The molecule has 0 saturated carbocycles. The van der Waals surface area contributed by atoms with E-state index in [0.29, 0.717) is 24.4 Å². The number of para-hydroxylation sites is 1. The van der Waals surface area contributed by atoms with Crippen LogP contribution in [0.3, 0.4) is 0 Å². The van der Waals surface area contributed by atoms with E-state index in [1.54, 1.807) is 23.1 Å². The predicted molar refractivity (Wildman–Crippen MR) is 121 cm³/mol. The summed E-state index contributed by atoms with van der Waals surface area (Å²) >= 11 is 0. The van der Waals surface area contributed by atoms with Crippen LogP contribution in [0.25, 0.3) is 0 Å². The number of fused-ring (bicyclic) bond motifs is 1. The molecule has 1 unspecified atom stereocenters. The number of hydrogen-bond acceptors (Lipinski definition) is 3. The fourth-order valence-corrected chi connectivity index (χ4v) is 4.46. The van der Waals surface area contributed by atoms with Gasteiger partial charge >= 0.3 is 0 Å². The van der Waals surface area contributed by atoms with Crippen LogP contribution >= 0.6 is 0 Å². The van der Waals surface area contributed by atoms with Gasteiger partial charge in [-0.15, -0.1) is 0 Å². The Bertz CT molecular complexity index is 1180. The highest BCUT2D eigenvalue weighted by atomic mass is 19.1. The van der Waals surface area contributed by atoms with Crippen molar-refractivity contribution in [1.29, 1.82) is 0 Å². The summed E-state index contributed by atoms with van der Waals surface area (Å²) in [7, 11) is 0. The first-order valence-corrected chi connectivity index (χ1v) is 10.4. The van der Waals surface area contributed by atoms with Crippen molar-refractivity contribution in [1.82, 2.24) is 0 Å². The molecule has 1 fully saturated rings. The Morgan fingerprint density at radius 3 is 2.19 bits per heavy atom. The number of amides is 1. The lowest BCUT2D eigenvalue weighted by Gasteiger charge is -2.29. The van der Waals surface area contributed by atoms with E-state index in [9.17, 15) is 4.79 Å². The van der Waals surface area contributed by atoms with Crippen LogP contribution in [0.1, 0.15) is 22.7 Å². The first kappa shape index (κ1) is 19.4. The molecule has 0 aromatic heterocycles. The van der Waals surface area contributed by atoms with Crippen LogP contribution in [-0.2, 0) is 4.79 Å². The van der Waals surface area contributed by atoms with E-state index in [0.717, 1.165) is 22.5 Å². The summed E-state index contributed by atoms with van der Waals surface area (Å²) in [5, 5.41) is 0. The maximum absolute atomic E-state index is 15.1. The number of rotatable bonds is 3. The van der Waals surface area contributed by atoms with E-state index in [1.165, 1.54) is 6.07 Å². The van der Waals surface area contributed by atoms with Crippen LogP contribution in [0.15, 0.2) is 88.8 Å². The molecule has 3 aromatic carbocycles. The Kier molecular flexibility index (Phi) is 4.94. The molecule has 0 N–H and O–H groups in total. The van der Waals surface area contributed by atoms with Crippen molar-refractivity contribution in [3.05, 3.63) is 101 Å². The summed E-state index contributed by atoms with van der Waals surface area (Å²) in [6.45, 7) is 2.98. The highest BCUT2D eigenvalue weighted by Gasteiger charge is 2.50. The van der Waals surface area contributed by atoms with Crippen molar-refractivity contribution in [3.8, 4) is 0 Å². The first-order valence-electron chi connectivity index (χ1n) is 10.4. The minimum absolute atomic E-state index is 0.189. The van der Waals surface area contributed by atoms with E-state index in [4.69, 9.17) is 4.99 Å². The second kappa shape index (κ2) is 7.91. The zero-order chi connectivity index (χ0) is 21.4. The molecule has 0 spiro atoms. The molecule has 5 rings (SSSR count). The van der Waals surface area contributed by atoms with E-state index >= 15 is 4.39 Å². The van der Waals surface area contributed by atoms with Gasteiger partial charge in [0.05, 0.1) is 30.8 Å². The fourth-order valence-electron chi connectivity index (χ4n) is 4.46. The van der Waals surface area contributed by atoms with Crippen LogP contribution < -0.4 is 4.90 Å². The molecule has 0 bridgehead atoms. The van der Waals surface area contributed by atoms with Gasteiger partial charge in [0.15, 0.2) is 0 Å². The van der Waals surface area contributed by atoms with Gasteiger partial charge in [-0.05, 0) is 30.7 Å². The van der Waals surface area contributed by atoms with Gasteiger partial charge < -0.3 is 0 Å². The Morgan fingerprint density at radius 1 is 0.839 bits per heavy atom. The van der Waals surface area contributed by atoms with Gasteiger partial charge in [-0.2, -0.15) is 0 Å². The number of nitrogens with zero attached hydrogens (tertiary/aromatic N) is 3. The van der Waals surface area contributed by atoms with Crippen LogP contribution in [0.2, 0.25) is 0 Å². The topological polar surface area (TPSA) is 45.0 Å². The van der Waals surface area contributed by atoms with Gasteiger partial charge in [0.1, 0.15) is 11.5 Å². The normalized spacial score (nSPS) is 20.7. The molecule has 3 aromatic rings. The minimum Gasteiger partial charge on any atom is -0.299 e. The number of carbonyl (C=O) groups excluding carboxylic acids is 1. The average molecular weight is 411 g/mol. The fraction of sp³-hybridized carbons (Fsp3) is 0.192. The molecule has 31 heavy (non-hydrogen) atoms. The van der Waals surface area contributed by atoms with Gasteiger partial charge in [-0.25, -0.2) is 4.39 Å². The molecule has 1 saturated heterocycles. The monoisotopic (exact) mass is 411 g/mol. The number of benzene rings is 3. The first-order chi connectivity index (χ1) is 15.1. The number of halogens is 1. The van der Waals surface area contributed by atoms with Crippen molar-refractivity contribution < 1.29 is 9.18 Å². The standard InChI is InChI=1S/C26H22FN3O/c1-17-11-13-18(14-12-17)23-22-24(29-16-15-28-23)26(31)30(19-7-3-2-4-8-19)25(22)20-9-5-6-10-21(20)27/h2-14,22,25H,15-16H2,1H3/t22?,25-/m1/s1. The lowest BCUT2D eigenvalue weighted by molar-refractivity contribution is -0.112. The number of carbonyl (C=O) groups is 1. The van der Waals surface area contributed by atoms with E-state index < -0.39 is 12.0 Å². The number of anilines is 1. The van der Waals surface area contributed by atoms with Crippen LogP contribution in [-0.4, -0.2) is 30.4 Å². The zero-order valence-electron chi connectivity index (χ0n) is 17.2. The smallest absolute Gasteiger partial charge is 0.273 e. The third-order valence-corrected chi connectivity index (χ3v) is 5.89. The maximum atomic E-state index is 15.1. The molecule has 5 heteroatoms. The molecule has 2 aliphatic rings. The van der Waals surface area contributed by atoms with E-state index in [1.807, 2.05) is 61.5 Å². The Hall–Kier alpha value is -3.60. The quantitative estimate of drug-likeness (QED) is 0.612. The third-order valence-electron chi connectivity index (χ3n) is 5.89. The van der Waals surface area contributed by atoms with Crippen molar-refractivity contribution in [3.63, 3.8) is 0 Å². The van der Waals surface area contributed by atoms with Crippen LogP contribution in [0, 0.1) is 18.7 Å². The Morgan fingerprint density at radius 2 is 1.48 bits per heavy atom. The van der Waals surface area contributed by atoms with Crippen LogP contribution in [0.4, 0.5) is 10.1 Å². The van der Waals surface area contributed by atoms with E-state index in [2.05, 4.69) is 4.99 Å². The summed E-state index contributed by atoms with van der Waals surface area (Å²) < 4.78 is 15.1. The van der Waals surface area contributed by atoms with Gasteiger partial charge in [0.2, 0.25) is 0 Å². The van der Waals surface area contributed by atoms with E-state index in [-0.39, 0.29) is 11.7 Å². The second-order valence-corrected chi connectivity index (χ2v) is 7.85. The number of hydrogen-bond donors (Lipinski definition) is 0. The summed E-state index contributed by atoms with van der Waals surface area (Å²) in [6.07, 6.45) is 0. The SMILES string of the molecule is Cc1ccc(C2=NCCN=C3C(=O)N(c4ccccc4)[C@H](c4ccccc4F)C32)cc1. The zero-order valence-corrected chi connectivity index (χ0v) is 17.2. The van der Waals surface area contributed by atoms with Crippen molar-refractivity contribution in [2.45, 2.75) is 13.0 Å². The summed E-state index contributed by atoms with van der Waals surface area (Å²) in [6, 6.07) is 23.6. The van der Waals surface area contributed by atoms with Crippen LogP contribution in [0.5, 0.6) is 0 Å². The van der Waals surface area contributed by atoms with Crippen molar-refractivity contribution in [2.24, 2.45) is 15.9 Å². The van der Waals surface area contributed by atoms with Gasteiger partial charge in [0, 0.05) is 11.3 Å². The molecule has 4 nitrogen and oxygen atoms in total. The molecule has 0 radical (unpaired) electrons.